The van der Waals surface area contributed by atoms with E-state index in [0.29, 0.717) is 12.6 Å². The van der Waals surface area contributed by atoms with Crippen molar-refractivity contribution >= 4 is 27.8 Å². The lowest BCUT2D eigenvalue weighted by Crippen LogP contribution is -2.29. The summed E-state index contributed by atoms with van der Waals surface area (Å²) in [5.41, 5.74) is 0. The molecule has 0 saturated heterocycles. The Morgan fingerprint density at radius 3 is 2.73 bits per heavy atom. The van der Waals surface area contributed by atoms with Crippen molar-refractivity contribution in [1.29, 1.82) is 0 Å². The summed E-state index contributed by atoms with van der Waals surface area (Å²) in [4.78, 5) is 21.4. The van der Waals surface area contributed by atoms with Gasteiger partial charge in [-0.15, -0.1) is 0 Å². The van der Waals surface area contributed by atoms with E-state index in [1.54, 1.807) is 30.4 Å². The average Bonchev–Trinajstić information content (AvgIpc) is 2.52. The second-order valence-electron chi connectivity index (χ2n) is 4.43. The lowest BCUT2D eigenvalue weighted by atomic mass is 10.3. The van der Waals surface area contributed by atoms with Crippen LogP contribution >= 0.6 is 15.9 Å². The molecule has 0 aliphatic rings. The van der Waals surface area contributed by atoms with Crippen LogP contribution in [0, 0.1) is 0 Å². The third-order valence-corrected chi connectivity index (χ3v) is 3.16. The number of carbonyl (C=O) groups is 1. The maximum Gasteiger partial charge on any atom is 0.325 e. The topological polar surface area (TPSA) is 64.6 Å². The Bertz CT molecular complexity index is 610. The van der Waals surface area contributed by atoms with Crippen LogP contribution in [0.1, 0.15) is 0 Å². The largest absolute Gasteiger partial charge is 0.490 e. The number of aromatic nitrogens is 2. The summed E-state index contributed by atoms with van der Waals surface area (Å²) in [6.45, 7) is 0.573. The van der Waals surface area contributed by atoms with Gasteiger partial charge in [0.15, 0.2) is 0 Å². The van der Waals surface area contributed by atoms with E-state index in [4.69, 9.17) is 9.47 Å². The van der Waals surface area contributed by atoms with Gasteiger partial charge in [0, 0.05) is 23.9 Å². The zero-order valence-electron chi connectivity index (χ0n) is 12.1. The molecule has 0 fully saturated rings. The number of halogens is 1. The van der Waals surface area contributed by atoms with Crippen molar-refractivity contribution < 1.29 is 14.3 Å². The quantitative estimate of drug-likeness (QED) is 0.554. The van der Waals surface area contributed by atoms with Crippen molar-refractivity contribution in [2.45, 2.75) is 0 Å². The fourth-order valence-electron chi connectivity index (χ4n) is 1.67. The average molecular weight is 366 g/mol. The first kappa shape index (κ1) is 16.2. The van der Waals surface area contributed by atoms with Gasteiger partial charge in [0.25, 0.3) is 0 Å². The number of rotatable bonds is 7. The second kappa shape index (κ2) is 8.33. The molecular formula is C15H16BrN3O3. The highest BCUT2D eigenvalue weighted by molar-refractivity contribution is 9.10. The number of ether oxygens (including phenoxy) is 2. The van der Waals surface area contributed by atoms with Crippen LogP contribution in [0.4, 0.5) is 5.95 Å². The zero-order valence-corrected chi connectivity index (χ0v) is 13.7. The normalized spacial score (nSPS) is 10.1. The highest BCUT2D eigenvalue weighted by atomic mass is 79.9. The molecule has 0 saturated carbocycles. The van der Waals surface area contributed by atoms with Crippen molar-refractivity contribution in [2.75, 3.05) is 31.7 Å². The van der Waals surface area contributed by atoms with Crippen molar-refractivity contribution in [3.05, 3.63) is 47.2 Å². The van der Waals surface area contributed by atoms with Gasteiger partial charge in [0.2, 0.25) is 5.95 Å². The minimum absolute atomic E-state index is 0.0842. The van der Waals surface area contributed by atoms with Crippen LogP contribution in [0.15, 0.2) is 47.2 Å². The van der Waals surface area contributed by atoms with E-state index < -0.39 is 0 Å². The summed E-state index contributed by atoms with van der Waals surface area (Å²) in [6.07, 6.45) is 3.24. The number of nitrogens with zero attached hydrogens (tertiary/aromatic N) is 3. The third-order valence-electron chi connectivity index (χ3n) is 2.67. The van der Waals surface area contributed by atoms with Gasteiger partial charge in [-0.3, -0.25) is 4.79 Å². The van der Waals surface area contributed by atoms with Gasteiger partial charge in [-0.25, -0.2) is 9.97 Å². The molecule has 0 bridgehead atoms. The number of benzene rings is 1. The molecule has 0 N–H and O–H groups in total. The molecule has 6 nitrogen and oxygen atoms in total. The van der Waals surface area contributed by atoms with Crippen LogP contribution in [0.3, 0.4) is 0 Å². The van der Waals surface area contributed by atoms with Gasteiger partial charge in [-0.2, -0.15) is 0 Å². The Morgan fingerprint density at radius 2 is 2.00 bits per heavy atom. The Morgan fingerprint density at radius 1 is 1.23 bits per heavy atom. The monoisotopic (exact) mass is 365 g/mol. The number of esters is 1. The highest BCUT2D eigenvalue weighted by Crippen LogP contribution is 2.17. The number of anilines is 1. The lowest BCUT2D eigenvalue weighted by Gasteiger charge is -2.15. The SMILES string of the molecule is CN(CC(=O)OCCOc1cccc(Br)c1)c1ncccn1. The van der Waals surface area contributed by atoms with Crippen molar-refractivity contribution in [2.24, 2.45) is 0 Å². The summed E-state index contributed by atoms with van der Waals surface area (Å²) >= 11 is 3.36. The first-order valence-electron chi connectivity index (χ1n) is 6.67. The first-order valence-corrected chi connectivity index (χ1v) is 7.46. The maximum atomic E-state index is 11.7. The number of hydrogen-bond acceptors (Lipinski definition) is 6. The predicted molar refractivity (Wildman–Crippen MR) is 85.9 cm³/mol. The van der Waals surface area contributed by atoms with E-state index in [-0.39, 0.29) is 19.1 Å². The standard InChI is InChI=1S/C15H16BrN3O3/c1-19(15-17-6-3-7-18-15)11-14(20)22-9-8-21-13-5-2-4-12(16)10-13/h2-7,10H,8-9,11H2,1H3. The molecule has 0 unspecified atom stereocenters. The van der Waals surface area contributed by atoms with E-state index in [1.165, 1.54) is 0 Å². The molecule has 0 radical (unpaired) electrons. The molecule has 0 aliphatic heterocycles. The molecule has 0 atom stereocenters. The molecule has 0 spiro atoms. The van der Waals surface area contributed by atoms with Crippen LogP contribution in [0.5, 0.6) is 5.75 Å². The Hall–Kier alpha value is -2.15. The predicted octanol–water partition coefficient (Wildman–Crippen LogP) is 2.30. The molecule has 1 heterocycles. The van der Waals surface area contributed by atoms with Gasteiger partial charge < -0.3 is 14.4 Å². The first-order chi connectivity index (χ1) is 10.6. The number of hydrogen-bond donors (Lipinski definition) is 0. The maximum absolute atomic E-state index is 11.7. The van der Waals surface area contributed by atoms with Gasteiger partial charge in [-0.05, 0) is 24.3 Å². The summed E-state index contributed by atoms with van der Waals surface area (Å²) in [6, 6.07) is 9.19. The van der Waals surface area contributed by atoms with E-state index in [0.717, 1.165) is 10.2 Å². The molecule has 2 rings (SSSR count). The highest BCUT2D eigenvalue weighted by Gasteiger charge is 2.10. The van der Waals surface area contributed by atoms with E-state index in [2.05, 4.69) is 25.9 Å². The molecule has 0 aliphatic carbocycles. The molecule has 1 aromatic carbocycles. The van der Waals surface area contributed by atoms with Gasteiger partial charge in [-0.1, -0.05) is 22.0 Å². The molecule has 1 aromatic heterocycles. The minimum atomic E-state index is -0.354. The van der Waals surface area contributed by atoms with Crippen molar-refractivity contribution in [1.82, 2.24) is 9.97 Å². The van der Waals surface area contributed by atoms with Crippen LogP contribution < -0.4 is 9.64 Å². The Labute approximate surface area is 137 Å². The summed E-state index contributed by atoms with van der Waals surface area (Å²) in [7, 11) is 1.73. The fraction of sp³-hybridized carbons (Fsp3) is 0.267. The van der Waals surface area contributed by atoms with E-state index in [9.17, 15) is 4.79 Å². The zero-order chi connectivity index (χ0) is 15.8. The Kier molecular flexibility index (Phi) is 6.14. The fourth-order valence-corrected chi connectivity index (χ4v) is 2.05. The minimum Gasteiger partial charge on any atom is -0.490 e. The number of carbonyl (C=O) groups excluding carboxylic acids is 1. The van der Waals surface area contributed by atoms with Crippen LogP contribution in [0.2, 0.25) is 0 Å². The van der Waals surface area contributed by atoms with Gasteiger partial charge in [0.1, 0.15) is 25.5 Å². The summed E-state index contributed by atoms with van der Waals surface area (Å²) in [5.74, 6) is 0.845. The third kappa shape index (κ3) is 5.33. The summed E-state index contributed by atoms with van der Waals surface area (Å²) in [5, 5.41) is 0. The summed E-state index contributed by atoms with van der Waals surface area (Å²) < 4.78 is 11.5. The van der Waals surface area contributed by atoms with Gasteiger partial charge in [0.05, 0.1) is 0 Å². The van der Waals surface area contributed by atoms with Crippen molar-refractivity contribution in [3.8, 4) is 5.75 Å². The second-order valence-corrected chi connectivity index (χ2v) is 5.35. The van der Waals surface area contributed by atoms with Crippen LogP contribution in [0.25, 0.3) is 0 Å². The molecule has 116 valence electrons. The van der Waals surface area contributed by atoms with Crippen LogP contribution in [-0.2, 0) is 9.53 Å². The van der Waals surface area contributed by atoms with Crippen LogP contribution in [-0.4, -0.2) is 42.7 Å². The smallest absolute Gasteiger partial charge is 0.325 e. The Balaban J connectivity index is 1.68. The van der Waals surface area contributed by atoms with Gasteiger partial charge >= 0.3 is 5.97 Å². The number of likely N-dealkylation sites (N-methyl/N-ethyl adjacent to an activating group) is 1. The molecule has 7 heteroatoms. The molecule has 0 amide bonds. The molecular weight excluding hydrogens is 350 g/mol. The molecule has 22 heavy (non-hydrogen) atoms. The van der Waals surface area contributed by atoms with E-state index in [1.807, 2.05) is 24.3 Å². The van der Waals surface area contributed by atoms with Crippen molar-refractivity contribution in [3.63, 3.8) is 0 Å². The molecule has 2 aromatic rings. The van der Waals surface area contributed by atoms with E-state index >= 15 is 0 Å². The lowest BCUT2D eigenvalue weighted by molar-refractivity contribution is -0.142.